The third kappa shape index (κ3) is 5.43. The van der Waals surface area contributed by atoms with Crippen molar-refractivity contribution >= 4 is 11.4 Å². The van der Waals surface area contributed by atoms with E-state index in [1.807, 2.05) is 37.3 Å². The van der Waals surface area contributed by atoms with E-state index >= 15 is 0 Å². The van der Waals surface area contributed by atoms with Crippen LogP contribution in [0.3, 0.4) is 0 Å². The Labute approximate surface area is 133 Å². The second-order valence-corrected chi connectivity index (χ2v) is 5.59. The Morgan fingerprint density at radius 1 is 1.04 bits per heavy atom. The van der Waals surface area contributed by atoms with E-state index in [4.69, 9.17) is 5.41 Å². The lowest BCUT2D eigenvalue weighted by Gasteiger charge is -2.16. The Kier molecular flexibility index (Phi) is 5.42. The highest BCUT2D eigenvalue weighted by Gasteiger charge is 2.29. The molecule has 0 saturated heterocycles. The lowest BCUT2D eigenvalue weighted by atomic mass is 10.0. The van der Waals surface area contributed by atoms with Crippen LogP contribution in [0.5, 0.6) is 0 Å². The summed E-state index contributed by atoms with van der Waals surface area (Å²) in [5.41, 5.74) is 1.63. The highest BCUT2D eigenvalue weighted by Crippen LogP contribution is 2.29. The van der Waals surface area contributed by atoms with Gasteiger partial charge < -0.3 is 10.7 Å². The summed E-state index contributed by atoms with van der Waals surface area (Å²) in [4.78, 5) is 0. The molecule has 0 heterocycles. The molecule has 0 bridgehead atoms. The number of hydrogen-bond acceptors (Lipinski definition) is 2. The van der Waals surface area contributed by atoms with Crippen molar-refractivity contribution in [3.05, 3.63) is 65.7 Å². The lowest BCUT2D eigenvalue weighted by Crippen LogP contribution is -2.20. The fraction of sp³-hybridized carbons (Fsp3) is 0.278. The van der Waals surface area contributed by atoms with E-state index in [1.54, 1.807) is 0 Å². The quantitative estimate of drug-likeness (QED) is 0.709. The molecule has 0 radical (unpaired) electrons. The van der Waals surface area contributed by atoms with Crippen LogP contribution in [0.4, 0.5) is 18.9 Å². The molecule has 0 spiro atoms. The first-order chi connectivity index (χ1) is 10.8. The summed E-state index contributed by atoms with van der Waals surface area (Å²) < 4.78 is 37.5. The molecule has 23 heavy (non-hydrogen) atoms. The molecule has 0 aliphatic carbocycles. The highest BCUT2D eigenvalue weighted by atomic mass is 19.4. The normalized spacial score (nSPS) is 12.7. The molecule has 5 heteroatoms. The van der Waals surface area contributed by atoms with Crippen molar-refractivity contribution in [2.45, 2.75) is 32.0 Å². The Morgan fingerprint density at radius 2 is 1.65 bits per heavy atom. The summed E-state index contributed by atoms with van der Waals surface area (Å²) >= 11 is 0. The van der Waals surface area contributed by atoms with Gasteiger partial charge in [-0.1, -0.05) is 30.3 Å². The van der Waals surface area contributed by atoms with E-state index < -0.39 is 11.7 Å². The van der Waals surface area contributed by atoms with Gasteiger partial charge in [-0.05, 0) is 36.8 Å². The van der Waals surface area contributed by atoms with Gasteiger partial charge in [-0.2, -0.15) is 13.2 Å². The molecule has 0 amide bonds. The number of alkyl halides is 3. The van der Waals surface area contributed by atoms with Crippen LogP contribution in [-0.2, 0) is 12.6 Å². The van der Waals surface area contributed by atoms with Crippen LogP contribution in [0, 0.1) is 5.41 Å². The van der Waals surface area contributed by atoms with E-state index in [2.05, 4.69) is 5.32 Å². The maximum atomic E-state index is 12.5. The van der Waals surface area contributed by atoms with Crippen molar-refractivity contribution in [3.63, 3.8) is 0 Å². The summed E-state index contributed by atoms with van der Waals surface area (Å²) in [6, 6.07) is 14.7. The molecule has 2 N–H and O–H groups in total. The molecular weight excluding hydrogens is 301 g/mol. The smallest absolute Gasteiger partial charge is 0.382 e. The van der Waals surface area contributed by atoms with Gasteiger partial charge in [0.15, 0.2) is 0 Å². The van der Waals surface area contributed by atoms with Crippen molar-refractivity contribution in [1.29, 1.82) is 5.41 Å². The second-order valence-electron chi connectivity index (χ2n) is 5.59. The molecule has 2 rings (SSSR count). The second kappa shape index (κ2) is 7.31. The van der Waals surface area contributed by atoms with Crippen LogP contribution in [0.1, 0.15) is 24.5 Å². The van der Waals surface area contributed by atoms with Crippen molar-refractivity contribution in [1.82, 2.24) is 0 Å². The van der Waals surface area contributed by atoms with Gasteiger partial charge in [-0.25, -0.2) is 0 Å². The minimum absolute atomic E-state index is 0.0250. The molecular formula is C18H19F3N2. The first-order valence-electron chi connectivity index (χ1n) is 7.38. The molecule has 122 valence electrons. The minimum atomic E-state index is -4.32. The fourth-order valence-electron chi connectivity index (χ4n) is 2.38. The minimum Gasteiger partial charge on any atom is -0.382 e. The predicted octanol–water partition coefficient (Wildman–Crippen LogP) is 5.16. The van der Waals surface area contributed by atoms with E-state index in [0.717, 1.165) is 17.7 Å². The van der Waals surface area contributed by atoms with E-state index in [-0.39, 0.29) is 6.04 Å². The number of anilines is 1. The van der Waals surface area contributed by atoms with E-state index in [0.29, 0.717) is 24.2 Å². The van der Waals surface area contributed by atoms with Crippen LogP contribution in [0.15, 0.2) is 54.6 Å². The summed E-state index contributed by atoms with van der Waals surface area (Å²) in [6.07, 6.45) is -3.20. The van der Waals surface area contributed by atoms with Crippen LogP contribution in [0.2, 0.25) is 0 Å². The van der Waals surface area contributed by atoms with Crippen molar-refractivity contribution in [3.8, 4) is 0 Å². The van der Waals surface area contributed by atoms with Crippen LogP contribution < -0.4 is 5.32 Å². The molecule has 1 unspecified atom stereocenters. The van der Waals surface area contributed by atoms with Crippen LogP contribution in [-0.4, -0.2) is 11.8 Å². The summed E-state index contributed by atoms with van der Waals surface area (Å²) in [7, 11) is 0. The first kappa shape index (κ1) is 17.1. The van der Waals surface area contributed by atoms with Gasteiger partial charge in [0.05, 0.1) is 5.56 Å². The molecule has 0 aromatic heterocycles. The number of halogens is 3. The van der Waals surface area contributed by atoms with Crippen molar-refractivity contribution in [2.24, 2.45) is 0 Å². The number of hydrogen-bond donors (Lipinski definition) is 2. The molecule has 2 aromatic rings. The zero-order valence-corrected chi connectivity index (χ0v) is 12.8. The van der Waals surface area contributed by atoms with E-state index in [1.165, 1.54) is 12.1 Å². The third-order valence-corrected chi connectivity index (χ3v) is 3.44. The van der Waals surface area contributed by atoms with Gasteiger partial charge in [-0.3, -0.25) is 0 Å². The van der Waals surface area contributed by atoms with Gasteiger partial charge in [-0.15, -0.1) is 0 Å². The Bertz CT molecular complexity index is 634. The fourth-order valence-corrected chi connectivity index (χ4v) is 2.38. The highest BCUT2D eigenvalue weighted by molar-refractivity contribution is 5.84. The number of nitrogens with one attached hydrogen (secondary N) is 2. The SMILES string of the molecule is CC(CC(=N)Cc1ccccc1)Nc1ccc(C(F)(F)F)cc1. The van der Waals surface area contributed by atoms with Gasteiger partial charge in [0.2, 0.25) is 0 Å². The van der Waals surface area contributed by atoms with E-state index in [9.17, 15) is 13.2 Å². The van der Waals surface area contributed by atoms with Crippen molar-refractivity contribution < 1.29 is 13.2 Å². The summed E-state index contributed by atoms with van der Waals surface area (Å²) in [5.74, 6) is 0. The zero-order chi connectivity index (χ0) is 16.9. The number of benzene rings is 2. The standard InChI is InChI=1S/C18H19F3N2/c1-13(11-16(22)12-14-5-3-2-4-6-14)23-17-9-7-15(8-10-17)18(19,20)21/h2-10,13,22-23H,11-12H2,1H3. The lowest BCUT2D eigenvalue weighted by molar-refractivity contribution is -0.137. The zero-order valence-electron chi connectivity index (χ0n) is 12.8. The molecule has 0 aliphatic rings. The average molecular weight is 320 g/mol. The average Bonchev–Trinajstić information content (AvgIpc) is 2.47. The van der Waals surface area contributed by atoms with Crippen LogP contribution in [0.25, 0.3) is 0 Å². The summed E-state index contributed by atoms with van der Waals surface area (Å²) in [6.45, 7) is 1.91. The third-order valence-electron chi connectivity index (χ3n) is 3.44. The van der Waals surface area contributed by atoms with Gasteiger partial charge >= 0.3 is 6.18 Å². The Morgan fingerprint density at radius 3 is 2.22 bits per heavy atom. The maximum Gasteiger partial charge on any atom is 0.416 e. The molecule has 2 nitrogen and oxygen atoms in total. The topological polar surface area (TPSA) is 35.9 Å². The van der Waals surface area contributed by atoms with Gasteiger partial charge in [0, 0.05) is 30.3 Å². The number of rotatable bonds is 6. The maximum absolute atomic E-state index is 12.5. The molecule has 0 saturated carbocycles. The van der Waals surface area contributed by atoms with Crippen molar-refractivity contribution in [2.75, 3.05) is 5.32 Å². The molecule has 0 aliphatic heterocycles. The van der Waals surface area contributed by atoms with Gasteiger partial charge in [0.25, 0.3) is 0 Å². The molecule has 2 aromatic carbocycles. The predicted molar refractivity (Wildman–Crippen MR) is 87.0 cm³/mol. The van der Waals surface area contributed by atoms with Gasteiger partial charge in [0.1, 0.15) is 0 Å². The summed E-state index contributed by atoms with van der Waals surface area (Å²) in [5, 5.41) is 11.2. The Balaban J connectivity index is 1.87. The Hall–Kier alpha value is -2.30. The molecule has 0 fully saturated rings. The largest absolute Gasteiger partial charge is 0.416 e. The molecule has 1 atom stereocenters. The van der Waals surface area contributed by atoms with Crippen LogP contribution >= 0.6 is 0 Å². The first-order valence-corrected chi connectivity index (χ1v) is 7.38. The monoisotopic (exact) mass is 320 g/mol.